The van der Waals surface area contributed by atoms with Gasteiger partial charge >= 0.3 is 0 Å². The fourth-order valence-electron chi connectivity index (χ4n) is 4.81. The third-order valence-electron chi connectivity index (χ3n) is 6.48. The zero-order valence-corrected chi connectivity index (χ0v) is 13.5. The van der Waals surface area contributed by atoms with Gasteiger partial charge in [0.25, 0.3) is 0 Å². The molecule has 20 heavy (non-hydrogen) atoms. The van der Waals surface area contributed by atoms with Crippen LogP contribution in [0.4, 0.5) is 0 Å². The predicted molar refractivity (Wildman–Crippen MR) is 85.1 cm³/mol. The number of nitrogens with zero attached hydrogens (tertiary/aromatic N) is 2. The lowest BCUT2D eigenvalue weighted by Crippen LogP contribution is -2.47. The quantitative estimate of drug-likeness (QED) is 0.853. The SMILES string of the molecule is CNC1(CCN2CCC3CCC(C2)N3C)CCCCC1. The van der Waals surface area contributed by atoms with Crippen molar-refractivity contribution in [2.75, 3.05) is 33.7 Å². The summed E-state index contributed by atoms with van der Waals surface area (Å²) in [5, 5.41) is 3.68. The Morgan fingerprint density at radius 3 is 2.55 bits per heavy atom. The lowest BCUT2D eigenvalue weighted by Gasteiger charge is -2.39. The van der Waals surface area contributed by atoms with Crippen LogP contribution in [0.3, 0.4) is 0 Å². The van der Waals surface area contributed by atoms with E-state index in [9.17, 15) is 0 Å². The van der Waals surface area contributed by atoms with E-state index in [2.05, 4.69) is 29.2 Å². The Hall–Kier alpha value is -0.120. The van der Waals surface area contributed by atoms with Crippen molar-refractivity contribution >= 4 is 0 Å². The van der Waals surface area contributed by atoms with Crippen molar-refractivity contribution in [1.82, 2.24) is 15.1 Å². The van der Waals surface area contributed by atoms with Crippen LogP contribution < -0.4 is 5.32 Å². The largest absolute Gasteiger partial charge is 0.314 e. The molecule has 0 amide bonds. The van der Waals surface area contributed by atoms with Gasteiger partial charge in [0.1, 0.15) is 0 Å². The normalized spacial score (nSPS) is 35.1. The van der Waals surface area contributed by atoms with Gasteiger partial charge in [0.05, 0.1) is 0 Å². The van der Waals surface area contributed by atoms with Crippen LogP contribution in [0.2, 0.25) is 0 Å². The van der Waals surface area contributed by atoms with Crippen LogP contribution in [0, 0.1) is 0 Å². The highest BCUT2D eigenvalue weighted by molar-refractivity contribution is 4.94. The topological polar surface area (TPSA) is 18.5 Å². The Kier molecular flexibility index (Phi) is 4.68. The predicted octanol–water partition coefficient (Wildman–Crippen LogP) is 2.47. The second-order valence-electron chi connectivity index (χ2n) is 7.48. The smallest absolute Gasteiger partial charge is 0.0223 e. The molecule has 1 aliphatic carbocycles. The maximum absolute atomic E-state index is 3.68. The first kappa shape index (κ1) is 14.8. The number of hydrogen-bond donors (Lipinski definition) is 1. The summed E-state index contributed by atoms with van der Waals surface area (Å²) in [4.78, 5) is 5.42. The molecule has 2 bridgehead atoms. The van der Waals surface area contributed by atoms with Gasteiger partial charge in [-0.3, -0.25) is 4.90 Å². The summed E-state index contributed by atoms with van der Waals surface area (Å²) in [5.74, 6) is 0. The van der Waals surface area contributed by atoms with Crippen molar-refractivity contribution in [2.45, 2.75) is 75.4 Å². The number of fused-ring (bicyclic) bond motifs is 2. The lowest BCUT2D eigenvalue weighted by molar-refractivity contribution is 0.170. The summed E-state index contributed by atoms with van der Waals surface area (Å²) >= 11 is 0. The summed E-state index contributed by atoms with van der Waals surface area (Å²) in [5.41, 5.74) is 0.454. The van der Waals surface area contributed by atoms with Gasteiger partial charge in [0.2, 0.25) is 0 Å². The molecule has 3 fully saturated rings. The van der Waals surface area contributed by atoms with Gasteiger partial charge in [-0.15, -0.1) is 0 Å². The molecule has 2 unspecified atom stereocenters. The van der Waals surface area contributed by atoms with Crippen molar-refractivity contribution in [3.05, 3.63) is 0 Å². The first-order valence-electron chi connectivity index (χ1n) is 8.86. The highest BCUT2D eigenvalue weighted by Gasteiger charge is 2.36. The van der Waals surface area contributed by atoms with Crippen molar-refractivity contribution in [2.24, 2.45) is 0 Å². The fourth-order valence-corrected chi connectivity index (χ4v) is 4.81. The van der Waals surface area contributed by atoms with E-state index in [1.807, 2.05) is 0 Å². The molecule has 0 aromatic carbocycles. The minimum Gasteiger partial charge on any atom is -0.314 e. The maximum atomic E-state index is 3.68. The zero-order chi connectivity index (χ0) is 14.0. The van der Waals surface area contributed by atoms with Crippen LogP contribution in [-0.2, 0) is 0 Å². The van der Waals surface area contributed by atoms with E-state index in [4.69, 9.17) is 0 Å². The number of likely N-dealkylation sites (tertiary alicyclic amines) is 1. The Balaban J connectivity index is 1.53. The molecule has 0 aromatic rings. The molecule has 1 N–H and O–H groups in total. The van der Waals surface area contributed by atoms with Crippen molar-refractivity contribution < 1.29 is 0 Å². The average Bonchev–Trinajstić information content (AvgIpc) is 2.73. The van der Waals surface area contributed by atoms with Crippen LogP contribution in [0.25, 0.3) is 0 Å². The molecular formula is C17H33N3. The Bertz CT molecular complexity index is 311. The molecular weight excluding hydrogens is 246 g/mol. The average molecular weight is 279 g/mol. The van der Waals surface area contributed by atoms with Crippen LogP contribution in [0.1, 0.15) is 57.8 Å². The first-order valence-corrected chi connectivity index (χ1v) is 8.86. The number of likely N-dealkylation sites (N-methyl/N-ethyl adjacent to an activating group) is 1. The summed E-state index contributed by atoms with van der Waals surface area (Å²) < 4.78 is 0. The molecule has 0 radical (unpaired) electrons. The standard InChI is InChI=1S/C17H33N3/c1-18-17(9-4-3-5-10-17)11-13-20-12-8-15-6-7-16(14-20)19(15)2/h15-16,18H,3-14H2,1-2H3. The molecule has 3 heteroatoms. The molecule has 2 heterocycles. The summed E-state index contributed by atoms with van der Waals surface area (Å²) in [6.45, 7) is 3.94. The maximum Gasteiger partial charge on any atom is 0.0223 e. The van der Waals surface area contributed by atoms with E-state index < -0.39 is 0 Å². The van der Waals surface area contributed by atoms with Crippen LogP contribution >= 0.6 is 0 Å². The zero-order valence-electron chi connectivity index (χ0n) is 13.5. The summed E-state index contributed by atoms with van der Waals surface area (Å²) in [6.07, 6.45) is 12.7. The molecule has 1 saturated carbocycles. The van der Waals surface area contributed by atoms with Gasteiger partial charge in [0.15, 0.2) is 0 Å². The van der Waals surface area contributed by atoms with Crippen LogP contribution in [-0.4, -0.2) is 61.2 Å². The second-order valence-corrected chi connectivity index (χ2v) is 7.48. The van der Waals surface area contributed by atoms with Gasteiger partial charge in [0, 0.05) is 24.2 Å². The first-order chi connectivity index (χ1) is 9.72. The highest BCUT2D eigenvalue weighted by atomic mass is 15.3. The Morgan fingerprint density at radius 2 is 1.80 bits per heavy atom. The molecule has 2 aliphatic heterocycles. The minimum absolute atomic E-state index is 0.454. The van der Waals surface area contributed by atoms with E-state index in [1.54, 1.807) is 0 Å². The third kappa shape index (κ3) is 3.05. The fraction of sp³-hybridized carbons (Fsp3) is 1.00. The Morgan fingerprint density at radius 1 is 1.05 bits per heavy atom. The molecule has 2 saturated heterocycles. The molecule has 3 rings (SSSR count). The summed E-state index contributed by atoms with van der Waals surface area (Å²) in [6, 6.07) is 1.71. The van der Waals surface area contributed by atoms with Crippen LogP contribution in [0.5, 0.6) is 0 Å². The Labute approximate surface area is 125 Å². The van der Waals surface area contributed by atoms with E-state index >= 15 is 0 Å². The number of hydrogen-bond acceptors (Lipinski definition) is 3. The second kappa shape index (κ2) is 6.33. The lowest BCUT2D eigenvalue weighted by atomic mass is 9.79. The minimum atomic E-state index is 0.454. The van der Waals surface area contributed by atoms with E-state index in [-0.39, 0.29) is 0 Å². The van der Waals surface area contributed by atoms with Gasteiger partial charge < -0.3 is 10.2 Å². The molecule has 2 atom stereocenters. The van der Waals surface area contributed by atoms with E-state index in [1.165, 1.54) is 77.4 Å². The van der Waals surface area contributed by atoms with E-state index in [0.717, 1.165) is 12.1 Å². The summed E-state index contributed by atoms with van der Waals surface area (Å²) in [7, 11) is 4.53. The monoisotopic (exact) mass is 279 g/mol. The highest BCUT2D eigenvalue weighted by Crippen LogP contribution is 2.32. The van der Waals surface area contributed by atoms with E-state index in [0.29, 0.717) is 5.54 Å². The van der Waals surface area contributed by atoms with Gasteiger partial charge in [-0.05, 0) is 65.7 Å². The van der Waals surface area contributed by atoms with Gasteiger partial charge in [-0.1, -0.05) is 19.3 Å². The van der Waals surface area contributed by atoms with Crippen molar-refractivity contribution in [1.29, 1.82) is 0 Å². The van der Waals surface area contributed by atoms with Crippen LogP contribution in [0.15, 0.2) is 0 Å². The van der Waals surface area contributed by atoms with Gasteiger partial charge in [-0.2, -0.15) is 0 Å². The van der Waals surface area contributed by atoms with Crippen molar-refractivity contribution in [3.63, 3.8) is 0 Å². The molecule has 116 valence electrons. The molecule has 0 spiro atoms. The van der Waals surface area contributed by atoms with Crippen molar-refractivity contribution in [3.8, 4) is 0 Å². The number of rotatable bonds is 4. The molecule has 3 aliphatic rings. The third-order valence-corrected chi connectivity index (χ3v) is 6.48. The van der Waals surface area contributed by atoms with Gasteiger partial charge in [-0.25, -0.2) is 0 Å². The molecule has 0 aromatic heterocycles. The number of nitrogens with one attached hydrogen (secondary N) is 1. The molecule has 3 nitrogen and oxygen atoms in total.